The van der Waals surface area contributed by atoms with Gasteiger partial charge in [-0.2, -0.15) is 0 Å². The molecule has 0 radical (unpaired) electrons. The average molecular weight is 590 g/mol. The number of hydrogen-bond acceptors (Lipinski definition) is 1. The second-order valence-corrected chi connectivity index (χ2v) is 12.0. The minimum atomic E-state index is 0.874. The first kappa shape index (κ1) is 26.5. The molecular weight excluding hydrogens is 558 g/mol. The predicted octanol–water partition coefficient (Wildman–Crippen LogP) is 11.8. The molecule has 0 spiro atoms. The summed E-state index contributed by atoms with van der Waals surface area (Å²) in [4.78, 5) is 0. The largest absolute Gasteiger partial charge is 0.456 e. The molecule has 0 aliphatic rings. The first-order valence-electron chi connectivity index (χ1n) is 16.0. The Bertz CT molecular complexity index is 2460. The summed E-state index contributed by atoms with van der Waals surface area (Å²) < 4.78 is 9.20. The van der Waals surface area contributed by atoms with Crippen LogP contribution in [0.5, 0.6) is 0 Å². The molecule has 2 heteroatoms. The van der Waals surface area contributed by atoms with Crippen molar-refractivity contribution < 1.29 is 4.42 Å². The standard InChI is InChI=1S/C44H31NO/c1-3-13-30(14-4-1)23-25-38-35(34-18-8-7-17-33(34)31-15-5-2-6-16-31)26-27-39-40-29-32(24-28-43(40)46-44(38)39)45-41-21-11-9-19-36(41)37-20-10-12-22-42(37)45/h1-22,24,26-29H,23,25H2. The summed E-state index contributed by atoms with van der Waals surface area (Å²) in [7, 11) is 0. The zero-order chi connectivity index (χ0) is 30.5. The highest BCUT2D eigenvalue weighted by Crippen LogP contribution is 2.41. The van der Waals surface area contributed by atoms with Gasteiger partial charge in [-0.1, -0.05) is 127 Å². The van der Waals surface area contributed by atoms with Crippen molar-refractivity contribution in [2.75, 3.05) is 0 Å². The second kappa shape index (κ2) is 10.9. The highest BCUT2D eigenvalue weighted by Gasteiger charge is 2.19. The van der Waals surface area contributed by atoms with Crippen molar-refractivity contribution in [3.63, 3.8) is 0 Å². The zero-order valence-electron chi connectivity index (χ0n) is 25.4. The molecule has 0 amide bonds. The van der Waals surface area contributed by atoms with E-state index >= 15 is 0 Å². The fourth-order valence-corrected chi connectivity index (χ4v) is 7.23. The first-order valence-corrected chi connectivity index (χ1v) is 16.0. The monoisotopic (exact) mass is 589 g/mol. The molecule has 7 aromatic carbocycles. The van der Waals surface area contributed by atoms with E-state index in [2.05, 4.69) is 168 Å². The molecule has 2 aromatic heterocycles. The van der Waals surface area contributed by atoms with Gasteiger partial charge in [-0.05, 0) is 77.1 Å². The zero-order valence-corrected chi connectivity index (χ0v) is 25.4. The van der Waals surface area contributed by atoms with E-state index in [0.717, 1.165) is 40.5 Å². The lowest BCUT2D eigenvalue weighted by Gasteiger charge is -2.15. The van der Waals surface area contributed by atoms with Crippen LogP contribution in [0.15, 0.2) is 168 Å². The van der Waals surface area contributed by atoms with E-state index < -0.39 is 0 Å². The molecular formula is C44H31NO. The molecule has 0 saturated heterocycles. The fraction of sp³-hybridized carbons (Fsp3) is 0.0455. The van der Waals surface area contributed by atoms with Crippen LogP contribution >= 0.6 is 0 Å². The molecule has 0 fully saturated rings. The summed E-state index contributed by atoms with van der Waals surface area (Å²) >= 11 is 0. The molecule has 218 valence electrons. The van der Waals surface area contributed by atoms with Crippen LogP contribution in [-0.2, 0) is 12.8 Å². The lowest BCUT2D eigenvalue weighted by atomic mass is 9.88. The van der Waals surface area contributed by atoms with E-state index in [-0.39, 0.29) is 0 Å². The van der Waals surface area contributed by atoms with Crippen molar-refractivity contribution in [1.29, 1.82) is 0 Å². The number of rotatable bonds is 6. The van der Waals surface area contributed by atoms with E-state index in [0.29, 0.717) is 0 Å². The van der Waals surface area contributed by atoms with E-state index in [9.17, 15) is 0 Å². The number of furan rings is 1. The molecule has 2 nitrogen and oxygen atoms in total. The SMILES string of the molecule is c1ccc(CCc2c(-c3ccccc3-c3ccccc3)ccc3c2oc2ccc(-n4c5ccccc5c5ccccc54)cc23)cc1. The molecule has 0 aliphatic carbocycles. The summed E-state index contributed by atoms with van der Waals surface area (Å²) in [5.41, 5.74) is 12.9. The summed E-state index contributed by atoms with van der Waals surface area (Å²) in [5, 5.41) is 4.82. The third kappa shape index (κ3) is 4.34. The lowest BCUT2D eigenvalue weighted by molar-refractivity contribution is 0.662. The van der Waals surface area contributed by atoms with Crippen molar-refractivity contribution >= 4 is 43.7 Å². The third-order valence-electron chi connectivity index (χ3n) is 9.37. The van der Waals surface area contributed by atoms with Gasteiger partial charge in [0.25, 0.3) is 0 Å². The summed E-state index contributed by atoms with van der Waals surface area (Å²) in [5.74, 6) is 0. The Kier molecular flexibility index (Phi) is 6.31. The molecule has 0 N–H and O–H groups in total. The molecule has 9 rings (SSSR count). The van der Waals surface area contributed by atoms with E-state index in [1.54, 1.807) is 0 Å². The molecule has 0 saturated carbocycles. The molecule has 9 aromatic rings. The predicted molar refractivity (Wildman–Crippen MR) is 193 cm³/mol. The second-order valence-electron chi connectivity index (χ2n) is 12.0. The van der Waals surface area contributed by atoms with Crippen molar-refractivity contribution in [3.05, 3.63) is 175 Å². The van der Waals surface area contributed by atoms with Crippen LogP contribution in [-0.4, -0.2) is 4.57 Å². The van der Waals surface area contributed by atoms with E-state index in [4.69, 9.17) is 4.42 Å². The van der Waals surface area contributed by atoms with Crippen LogP contribution in [0.2, 0.25) is 0 Å². The Labute approximate surface area is 267 Å². The Morgan fingerprint density at radius 2 is 1.07 bits per heavy atom. The van der Waals surface area contributed by atoms with E-state index in [1.165, 1.54) is 55.2 Å². The fourth-order valence-electron chi connectivity index (χ4n) is 7.23. The minimum Gasteiger partial charge on any atom is -0.456 e. The van der Waals surface area contributed by atoms with Gasteiger partial charge in [-0.25, -0.2) is 0 Å². The normalized spacial score (nSPS) is 11.7. The first-order chi connectivity index (χ1) is 22.8. The van der Waals surface area contributed by atoms with Gasteiger partial charge in [0.15, 0.2) is 0 Å². The molecule has 2 heterocycles. The van der Waals surface area contributed by atoms with Gasteiger partial charge in [0.2, 0.25) is 0 Å². The van der Waals surface area contributed by atoms with Crippen LogP contribution < -0.4 is 0 Å². The maximum Gasteiger partial charge on any atom is 0.139 e. The Hall–Kier alpha value is -5.86. The lowest BCUT2D eigenvalue weighted by Crippen LogP contribution is -1.97. The van der Waals surface area contributed by atoms with Crippen molar-refractivity contribution in [2.24, 2.45) is 0 Å². The van der Waals surface area contributed by atoms with Crippen LogP contribution in [0.4, 0.5) is 0 Å². The number of para-hydroxylation sites is 2. The van der Waals surface area contributed by atoms with Gasteiger partial charge in [-0.15, -0.1) is 0 Å². The van der Waals surface area contributed by atoms with Gasteiger partial charge in [0, 0.05) is 32.8 Å². The highest BCUT2D eigenvalue weighted by molar-refractivity contribution is 6.11. The van der Waals surface area contributed by atoms with Gasteiger partial charge in [-0.3, -0.25) is 0 Å². The summed E-state index contributed by atoms with van der Waals surface area (Å²) in [6.45, 7) is 0. The number of aryl methyl sites for hydroxylation is 2. The molecule has 0 aliphatic heterocycles. The Morgan fingerprint density at radius 3 is 1.80 bits per heavy atom. The number of nitrogens with zero attached hydrogens (tertiary/aromatic N) is 1. The number of benzene rings is 7. The van der Waals surface area contributed by atoms with Crippen molar-refractivity contribution in [2.45, 2.75) is 12.8 Å². The summed E-state index contributed by atoms with van der Waals surface area (Å²) in [6, 6.07) is 58.8. The van der Waals surface area contributed by atoms with Crippen LogP contribution in [0.3, 0.4) is 0 Å². The van der Waals surface area contributed by atoms with E-state index in [1.807, 2.05) is 0 Å². The smallest absolute Gasteiger partial charge is 0.139 e. The highest BCUT2D eigenvalue weighted by atomic mass is 16.3. The Balaban J connectivity index is 1.26. The minimum absolute atomic E-state index is 0.874. The molecule has 0 bridgehead atoms. The maximum absolute atomic E-state index is 6.82. The molecule has 0 unspecified atom stereocenters. The topological polar surface area (TPSA) is 18.1 Å². The van der Waals surface area contributed by atoms with Crippen LogP contribution in [0.1, 0.15) is 11.1 Å². The number of aromatic nitrogens is 1. The van der Waals surface area contributed by atoms with Gasteiger partial charge < -0.3 is 8.98 Å². The van der Waals surface area contributed by atoms with Crippen molar-refractivity contribution in [3.8, 4) is 27.9 Å². The molecule has 46 heavy (non-hydrogen) atoms. The quantitative estimate of drug-likeness (QED) is 0.189. The maximum atomic E-state index is 6.82. The van der Waals surface area contributed by atoms with Gasteiger partial charge in [0.05, 0.1) is 11.0 Å². The number of fused-ring (bicyclic) bond motifs is 6. The van der Waals surface area contributed by atoms with Crippen molar-refractivity contribution in [1.82, 2.24) is 4.57 Å². The average Bonchev–Trinajstić information content (AvgIpc) is 3.67. The third-order valence-corrected chi connectivity index (χ3v) is 9.37. The Morgan fingerprint density at radius 1 is 0.435 bits per heavy atom. The summed E-state index contributed by atoms with van der Waals surface area (Å²) in [6.07, 6.45) is 1.81. The van der Waals surface area contributed by atoms with Gasteiger partial charge >= 0.3 is 0 Å². The van der Waals surface area contributed by atoms with Crippen LogP contribution in [0, 0.1) is 0 Å². The number of hydrogen-bond donors (Lipinski definition) is 0. The molecule has 0 atom stereocenters. The van der Waals surface area contributed by atoms with Crippen LogP contribution in [0.25, 0.3) is 71.7 Å². The van der Waals surface area contributed by atoms with Gasteiger partial charge in [0.1, 0.15) is 11.2 Å².